The van der Waals surface area contributed by atoms with Crippen LogP contribution in [0.2, 0.25) is 0 Å². The van der Waals surface area contributed by atoms with Gasteiger partial charge < -0.3 is 9.84 Å². The Bertz CT molecular complexity index is 398. The van der Waals surface area contributed by atoms with E-state index in [4.69, 9.17) is 4.74 Å². The third-order valence-electron chi connectivity index (χ3n) is 4.39. The fourth-order valence-electron chi connectivity index (χ4n) is 3.12. The Balaban J connectivity index is 2.22. The Kier molecular flexibility index (Phi) is 3.96. The molecule has 1 aromatic carbocycles. The van der Waals surface area contributed by atoms with Gasteiger partial charge in [-0.05, 0) is 49.3 Å². The topological polar surface area (TPSA) is 29.5 Å². The quantitative estimate of drug-likeness (QED) is 0.883. The number of hydrogen-bond acceptors (Lipinski definition) is 2. The van der Waals surface area contributed by atoms with E-state index in [2.05, 4.69) is 6.92 Å². The van der Waals surface area contributed by atoms with Crippen molar-refractivity contribution >= 4 is 0 Å². The first-order valence-electron chi connectivity index (χ1n) is 6.91. The molecule has 1 fully saturated rings. The zero-order valence-electron chi connectivity index (χ0n) is 11.6. The van der Waals surface area contributed by atoms with Crippen molar-refractivity contribution < 1.29 is 9.84 Å². The summed E-state index contributed by atoms with van der Waals surface area (Å²) in [5, 5.41) is 10.9. The lowest BCUT2D eigenvalue weighted by molar-refractivity contribution is -0.0295. The van der Waals surface area contributed by atoms with Gasteiger partial charge >= 0.3 is 0 Å². The van der Waals surface area contributed by atoms with Crippen molar-refractivity contribution in [2.45, 2.75) is 45.1 Å². The molecule has 1 aliphatic rings. The van der Waals surface area contributed by atoms with Gasteiger partial charge in [-0.3, -0.25) is 0 Å². The molecule has 2 rings (SSSR count). The van der Waals surface area contributed by atoms with Gasteiger partial charge in [0.05, 0.1) is 12.7 Å². The highest BCUT2D eigenvalue weighted by molar-refractivity contribution is 5.32. The predicted octanol–water partition coefficient (Wildman–Crippen LogP) is 3.73. The summed E-state index contributed by atoms with van der Waals surface area (Å²) in [5.74, 6) is 1.89. The maximum absolute atomic E-state index is 10.9. The van der Waals surface area contributed by atoms with E-state index in [1.54, 1.807) is 7.11 Å². The molecule has 2 nitrogen and oxygen atoms in total. The molecule has 0 radical (unpaired) electrons. The summed E-state index contributed by atoms with van der Waals surface area (Å²) in [5.41, 5.74) is 0.226. The molecule has 2 heteroatoms. The van der Waals surface area contributed by atoms with Crippen molar-refractivity contribution in [2.24, 2.45) is 11.8 Å². The average molecular weight is 248 g/mol. The third kappa shape index (κ3) is 2.69. The molecule has 0 saturated heterocycles. The van der Waals surface area contributed by atoms with Crippen LogP contribution in [0.1, 0.15) is 45.1 Å². The second-order valence-corrected chi connectivity index (χ2v) is 5.85. The van der Waals surface area contributed by atoms with Crippen LogP contribution in [-0.2, 0) is 5.60 Å². The van der Waals surface area contributed by atoms with Crippen LogP contribution in [-0.4, -0.2) is 12.2 Å². The number of methoxy groups -OCH3 is 1. The minimum atomic E-state index is -0.747. The van der Waals surface area contributed by atoms with E-state index in [1.165, 1.54) is 12.8 Å². The van der Waals surface area contributed by atoms with Gasteiger partial charge in [-0.25, -0.2) is 0 Å². The van der Waals surface area contributed by atoms with Crippen molar-refractivity contribution in [1.82, 2.24) is 0 Å². The maximum atomic E-state index is 10.9. The minimum Gasteiger partial charge on any atom is -0.497 e. The van der Waals surface area contributed by atoms with Crippen LogP contribution < -0.4 is 4.74 Å². The number of hydrogen-bond donors (Lipinski definition) is 1. The van der Waals surface area contributed by atoms with Crippen LogP contribution in [0.15, 0.2) is 24.3 Å². The van der Waals surface area contributed by atoms with Gasteiger partial charge in [0, 0.05) is 0 Å². The molecular formula is C16H24O2. The Morgan fingerprint density at radius 1 is 1.33 bits per heavy atom. The van der Waals surface area contributed by atoms with Gasteiger partial charge in [-0.15, -0.1) is 0 Å². The SMILES string of the molecule is COc1cccc(C(C)(O)C2CCCC(C)C2)c1. The molecule has 0 amide bonds. The molecule has 100 valence electrons. The van der Waals surface area contributed by atoms with Crippen LogP contribution in [0.3, 0.4) is 0 Å². The van der Waals surface area contributed by atoms with Crippen LogP contribution in [0.5, 0.6) is 5.75 Å². The lowest BCUT2D eigenvalue weighted by Gasteiger charge is -2.38. The molecule has 1 saturated carbocycles. The largest absolute Gasteiger partial charge is 0.497 e. The van der Waals surface area contributed by atoms with Crippen LogP contribution >= 0.6 is 0 Å². The molecule has 1 aliphatic carbocycles. The number of benzene rings is 1. The first-order valence-corrected chi connectivity index (χ1v) is 6.91. The van der Waals surface area contributed by atoms with Crippen molar-refractivity contribution in [1.29, 1.82) is 0 Å². The lowest BCUT2D eigenvalue weighted by Crippen LogP contribution is -2.35. The van der Waals surface area contributed by atoms with Crippen molar-refractivity contribution in [3.05, 3.63) is 29.8 Å². The van der Waals surface area contributed by atoms with E-state index in [1.807, 2.05) is 31.2 Å². The lowest BCUT2D eigenvalue weighted by atomic mass is 9.71. The summed E-state index contributed by atoms with van der Waals surface area (Å²) >= 11 is 0. The van der Waals surface area contributed by atoms with Gasteiger partial charge in [0.15, 0.2) is 0 Å². The third-order valence-corrected chi connectivity index (χ3v) is 4.39. The Morgan fingerprint density at radius 3 is 2.78 bits per heavy atom. The first kappa shape index (κ1) is 13.4. The van der Waals surface area contributed by atoms with Crippen LogP contribution in [0.25, 0.3) is 0 Å². The molecule has 0 heterocycles. The minimum absolute atomic E-state index is 0.355. The van der Waals surface area contributed by atoms with Crippen LogP contribution in [0.4, 0.5) is 0 Å². The highest BCUT2D eigenvalue weighted by Crippen LogP contribution is 2.41. The van der Waals surface area contributed by atoms with Gasteiger partial charge in [0.2, 0.25) is 0 Å². The number of rotatable bonds is 3. The van der Waals surface area contributed by atoms with Gasteiger partial charge in [0.25, 0.3) is 0 Å². The molecule has 3 atom stereocenters. The van der Waals surface area contributed by atoms with E-state index < -0.39 is 5.60 Å². The Hall–Kier alpha value is -1.02. The summed E-state index contributed by atoms with van der Waals surface area (Å²) in [6.45, 7) is 4.23. The molecule has 3 unspecified atom stereocenters. The molecule has 0 aromatic heterocycles. The molecule has 1 aromatic rings. The molecule has 0 aliphatic heterocycles. The monoisotopic (exact) mass is 248 g/mol. The number of aliphatic hydroxyl groups is 1. The fourth-order valence-corrected chi connectivity index (χ4v) is 3.12. The Morgan fingerprint density at radius 2 is 2.11 bits per heavy atom. The zero-order chi connectivity index (χ0) is 13.2. The second-order valence-electron chi connectivity index (χ2n) is 5.85. The summed E-state index contributed by atoms with van der Waals surface area (Å²) in [6, 6.07) is 7.83. The van der Waals surface area contributed by atoms with Gasteiger partial charge in [-0.2, -0.15) is 0 Å². The standard InChI is InChI=1S/C16H24O2/c1-12-6-4-7-13(10-12)16(2,17)14-8-5-9-15(11-14)18-3/h5,8-9,11-13,17H,4,6-7,10H2,1-3H3. The highest BCUT2D eigenvalue weighted by atomic mass is 16.5. The van der Waals surface area contributed by atoms with Crippen molar-refractivity contribution in [3.63, 3.8) is 0 Å². The summed E-state index contributed by atoms with van der Waals surface area (Å²) < 4.78 is 5.25. The Labute approximate surface area is 110 Å². The van der Waals surface area contributed by atoms with E-state index in [0.717, 1.165) is 30.1 Å². The molecular weight excluding hydrogens is 224 g/mol. The van der Waals surface area contributed by atoms with E-state index in [0.29, 0.717) is 5.92 Å². The molecule has 0 bridgehead atoms. The van der Waals surface area contributed by atoms with E-state index in [-0.39, 0.29) is 0 Å². The predicted molar refractivity (Wildman–Crippen MR) is 73.7 cm³/mol. The molecule has 1 N–H and O–H groups in total. The van der Waals surface area contributed by atoms with Gasteiger partial charge in [0.1, 0.15) is 5.75 Å². The van der Waals surface area contributed by atoms with Crippen LogP contribution in [0, 0.1) is 11.8 Å². The summed E-state index contributed by atoms with van der Waals surface area (Å²) in [6.07, 6.45) is 4.76. The number of ether oxygens (including phenoxy) is 1. The smallest absolute Gasteiger partial charge is 0.119 e. The maximum Gasteiger partial charge on any atom is 0.119 e. The highest BCUT2D eigenvalue weighted by Gasteiger charge is 2.36. The molecule has 0 spiro atoms. The second kappa shape index (κ2) is 5.31. The van der Waals surface area contributed by atoms with E-state index >= 15 is 0 Å². The zero-order valence-corrected chi connectivity index (χ0v) is 11.6. The summed E-state index contributed by atoms with van der Waals surface area (Å²) in [7, 11) is 1.66. The fraction of sp³-hybridized carbons (Fsp3) is 0.625. The van der Waals surface area contributed by atoms with Crippen molar-refractivity contribution in [3.8, 4) is 5.75 Å². The summed E-state index contributed by atoms with van der Waals surface area (Å²) in [4.78, 5) is 0. The van der Waals surface area contributed by atoms with Gasteiger partial charge in [-0.1, -0.05) is 31.9 Å². The average Bonchev–Trinajstić information content (AvgIpc) is 2.39. The first-order chi connectivity index (χ1) is 8.54. The molecule has 18 heavy (non-hydrogen) atoms. The normalized spacial score (nSPS) is 27.6. The van der Waals surface area contributed by atoms with E-state index in [9.17, 15) is 5.11 Å². The van der Waals surface area contributed by atoms with Crippen molar-refractivity contribution in [2.75, 3.05) is 7.11 Å².